The normalized spacial score (nSPS) is 24.0. The fourth-order valence-electron chi connectivity index (χ4n) is 5.47. The molecule has 1 saturated heterocycles. The number of carbonyl (C=O) groups is 2. The monoisotopic (exact) mass is 546 g/mol. The van der Waals surface area contributed by atoms with Gasteiger partial charge in [-0.05, 0) is 74.3 Å². The summed E-state index contributed by atoms with van der Waals surface area (Å²) in [6.45, 7) is 0. The predicted molar refractivity (Wildman–Crippen MR) is 117 cm³/mol. The van der Waals surface area contributed by atoms with Gasteiger partial charge in [-0.3, -0.25) is 9.59 Å². The zero-order valence-corrected chi connectivity index (χ0v) is 19.7. The molecule has 3 fully saturated rings. The van der Waals surface area contributed by atoms with Crippen molar-refractivity contribution in [1.82, 2.24) is 10.2 Å². The van der Waals surface area contributed by atoms with Gasteiger partial charge in [0, 0.05) is 17.2 Å². The Hall–Kier alpha value is -3.18. The van der Waals surface area contributed by atoms with Gasteiger partial charge in [0.2, 0.25) is 5.91 Å². The van der Waals surface area contributed by atoms with Gasteiger partial charge in [0.15, 0.2) is 0 Å². The molecule has 5 rings (SSSR count). The van der Waals surface area contributed by atoms with Crippen molar-refractivity contribution in [2.75, 3.05) is 0 Å². The van der Waals surface area contributed by atoms with Crippen LogP contribution in [0.1, 0.15) is 65.2 Å². The molecule has 2 aliphatic carbocycles. The highest BCUT2D eigenvalue weighted by molar-refractivity contribution is 5.98. The molecule has 1 N–H and O–H groups in total. The van der Waals surface area contributed by atoms with Crippen LogP contribution in [-0.4, -0.2) is 28.8 Å². The predicted octanol–water partition coefficient (Wildman–Crippen LogP) is 6.26. The second-order valence-electron chi connectivity index (χ2n) is 10.1. The summed E-state index contributed by atoms with van der Waals surface area (Å²) in [5.74, 6) is -4.83. The number of halogens is 8. The zero-order chi connectivity index (χ0) is 27.6. The molecule has 2 saturated carbocycles. The summed E-state index contributed by atoms with van der Waals surface area (Å²) in [6.07, 6.45) is -7.21. The summed E-state index contributed by atoms with van der Waals surface area (Å²) in [7, 11) is 0. The fourth-order valence-corrected chi connectivity index (χ4v) is 5.47. The minimum absolute atomic E-state index is 0.0416. The van der Waals surface area contributed by atoms with E-state index >= 15 is 0 Å². The third-order valence-electron chi connectivity index (χ3n) is 7.69. The average molecular weight is 546 g/mol. The Balaban J connectivity index is 1.41. The highest BCUT2D eigenvalue weighted by Gasteiger charge is 2.52. The van der Waals surface area contributed by atoms with Crippen LogP contribution in [0.25, 0.3) is 0 Å². The number of fused-ring (bicyclic) bond motifs is 1. The summed E-state index contributed by atoms with van der Waals surface area (Å²) in [5.41, 5.74) is -3.44. The van der Waals surface area contributed by atoms with E-state index in [4.69, 9.17) is 0 Å². The summed E-state index contributed by atoms with van der Waals surface area (Å²) < 4.78 is 108. The minimum atomic E-state index is -5.10. The van der Waals surface area contributed by atoms with Crippen molar-refractivity contribution in [3.8, 4) is 0 Å². The molecule has 2 amide bonds. The number of benzene rings is 2. The number of hydrogen-bond donors (Lipinski definition) is 1. The molecule has 0 spiro atoms. The zero-order valence-electron chi connectivity index (χ0n) is 19.7. The lowest BCUT2D eigenvalue weighted by molar-refractivity contribution is -0.140. The molecule has 1 heterocycles. The molecule has 3 aliphatic rings. The molecule has 38 heavy (non-hydrogen) atoms. The molecule has 1 aliphatic heterocycles. The van der Waals surface area contributed by atoms with Gasteiger partial charge in [0.25, 0.3) is 5.91 Å². The molecule has 2 aromatic carbocycles. The molecule has 0 aromatic heterocycles. The number of likely N-dealkylation sites (tertiary alicyclic amines) is 1. The number of carbonyl (C=O) groups excluding carboxylic acids is 2. The van der Waals surface area contributed by atoms with E-state index in [1.54, 1.807) is 0 Å². The van der Waals surface area contributed by atoms with Crippen molar-refractivity contribution in [1.29, 1.82) is 0 Å². The first kappa shape index (κ1) is 26.4. The number of alkyl halides is 6. The third-order valence-corrected chi connectivity index (χ3v) is 7.69. The Kier molecular flexibility index (Phi) is 6.42. The largest absolute Gasteiger partial charge is 0.419 e. The topological polar surface area (TPSA) is 49.4 Å². The molecular formula is C26H22F8N2O2. The van der Waals surface area contributed by atoms with E-state index in [1.165, 1.54) is 11.0 Å². The van der Waals surface area contributed by atoms with Crippen LogP contribution in [-0.2, 0) is 17.1 Å². The van der Waals surface area contributed by atoms with Crippen molar-refractivity contribution >= 4 is 11.8 Å². The lowest BCUT2D eigenvalue weighted by Crippen LogP contribution is -2.51. The Bertz CT molecular complexity index is 1270. The molecule has 12 heteroatoms. The first-order valence-corrected chi connectivity index (χ1v) is 12.1. The van der Waals surface area contributed by atoms with Crippen LogP contribution in [0.5, 0.6) is 0 Å². The second-order valence-corrected chi connectivity index (χ2v) is 10.1. The van der Waals surface area contributed by atoms with Crippen molar-refractivity contribution < 1.29 is 44.7 Å². The fraction of sp³-hybridized carbons (Fsp3) is 0.462. The van der Waals surface area contributed by atoms with E-state index in [-0.39, 0.29) is 35.9 Å². The first-order valence-electron chi connectivity index (χ1n) is 12.1. The van der Waals surface area contributed by atoms with Crippen LogP contribution in [0, 0.1) is 23.5 Å². The van der Waals surface area contributed by atoms with Crippen molar-refractivity contribution in [3.63, 3.8) is 0 Å². The number of amides is 2. The summed E-state index contributed by atoms with van der Waals surface area (Å²) >= 11 is 0. The van der Waals surface area contributed by atoms with Crippen LogP contribution >= 0.6 is 0 Å². The summed E-state index contributed by atoms with van der Waals surface area (Å²) in [5, 5.41) is 2.60. The molecule has 0 unspecified atom stereocenters. The Labute approximate surface area is 212 Å². The molecule has 4 nitrogen and oxygen atoms in total. The number of nitrogens with one attached hydrogen (secondary N) is 1. The van der Waals surface area contributed by atoms with E-state index in [2.05, 4.69) is 5.32 Å². The first-order chi connectivity index (χ1) is 17.8. The van der Waals surface area contributed by atoms with Gasteiger partial charge >= 0.3 is 12.4 Å². The lowest BCUT2D eigenvalue weighted by Gasteiger charge is -2.37. The Morgan fingerprint density at radius 1 is 0.895 bits per heavy atom. The number of rotatable bonds is 5. The average Bonchev–Trinajstić information content (AvgIpc) is 3.62. The maximum Gasteiger partial charge on any atom is 0.419 e. The molecule has 0 bridgehead atoms. The molecule has 4 atom stereocenters. The van der Waals surface area contributed by atoms with Crippen LogP contribution in [0.4, 0.5) is 35.1 Å². The summed E-state index contributed by atoms with van der Waals surface area (Å²) in [4.78, 5) is 28.0. The maximum absolute atomic E-state index is 14.7. The number of nitrogens with zero attached hydrogens (tertiary/aromatic N) is 1. The van der Waals surface area contributed by atoms with Crippen LogP contribution < -0.4 is 5.32 Å². The van der Waals surface area contributed by atoms with Gasteiger partial charge in [0.1, 0.15) is 17.7 Å². The maximum atomic E-state index is 14.7. The van der Waals surface area contributed by atoms with E-state index in [0.717, 1.165) is 18.2 Å². The van der Waals surface area contributed by atoms with Crippen LogP contribution in [0.15, 0.2) is 36.4 Å². The van der Waals surface area contributed by atoms with Gasteiger partial charge < -0.3 is 10.2 Å². The standard InChI is InChI=1S/C26H22F8N2O2/c27-18-11-17(26(32,33)34)19(28)10-16(18)22(12-4-5-12)35-23(37)21-9-13-6-7-20(13)36(21)24(38)14-2-1-3-15(8-14)25(29,30)31/h1-3,8,10-13,20-22H,4-7,9H2,(H,35,37)/t13-,20-,21-,22-/m1/s1. The van der Waals surface area contributed by atoms with Gasteiger partial charge in [-0.1, -0.05) is 6.07 Å². The molecule has 0 radical (unpaired) electrons. The molecule has 2 aromatic rings. The second kappa shape index (κ2) is 9.23. The quantitative estimate of drug-likeness (QED) is 0.450. The van der Waals surface area contributed by atoms with Gasteiger partial charge in [-0.2, -0.15) is 26.3 Å². The summed E-state index contributed by atoms with van der Waals surface area (Å²) in [6, 6.07) is 1.83. The third kappa shape index (κ3) is 4.84. The highest BCUT2D eigenvalue weighted by atomic mass is 19.4. The van der Waals surface area contributed by atoms with Crippen LogP contribution in [0.2, 0.25) is 0 Å². The Morgan fingerprint density at radius 2 is 1.61 bits per heavy atom. The van der Waals surface area contributed by atoms with E-state index in [9.17, 15) is 44.7 Å². The van der Waals surface area contributed by atoms with E-state index < -0.39 is 64.6 Å². The molecular weight excluding hydrogens is 524 g/mol. The SMILES string of the molecule is O=C(N[C@@H](c1cc(F)c(C(F)(F)F)cc1F)C1CC1)[C@H]1C[C@H]2CC[C@H]2N1C(=O)c1cccc(C(F)(F)F)c1. The Morgan fingerprint density at radius 3 is 2.18 bits per heavy atom. The van der Waals surface area contributed by atoms with E-state index in [1.807, 2.05) is 0 Å². The van der Waals surface area contributed by atoms with Crippen molar-refractivity contribution in [3.05, 3.63) is 70.3 Å². The van der Waals surface area contributed by atoms with Crippen molar-refractivity contribution in [2.45, 2.75) is 62.6 Å². The highest BCUT2D eigenvalue weighted by Crippen LogP contribution is 2.46. The van der Waals surface area contributed by atoms with Crippen molar-refractivity contribution in [2.24, 2.45) is 11.8 Å². The minimum Gasteiger partial charge on any atom is -0.347 e. The number of hydrogen-bond acceptors (Lipinski definition) is 2. The van der Waals surface area contributed by atoms with E-state index in [0.29, 0.717) is 31.7 Å². The van der Waals surface area contributed by atoms with Gasteiger partial charge in [-0.15, -0.1) is 0 Å². The lowest BCUT2D eigenvalue weighted by atomic mass is 9.80. The molecule has 204 valence electrons. The smallest absolute Gasteiger partial charge is 0.347 e. The van der Waals surface area contributed by atoms with Gasteiger partial charge in [0.05, 0.1) is 17.2 Å². The van der Waals surface area contributed by atoms with Crippen LogP contribution in [0.3, 0.4) is 0 Å². The van der Waals surface area contributed by atoms with Gasteiger partial charge in [-0.25, -0.2) is 8.78 Å².